The summed E-state index contributed by atoms with van der Waals surface area (Å²) in [7, 11) is 0. The van der Waals surface area contributed by atoms with Crippen LogP contribution in [0.4, 0.5) is 4.79 Å². The molecule has 1 atom stereocenters. The minimum atomic E-state index is -0.473. The van der Waals surface area contributed by atoms with E-state index in [1.807, 2.05) is 68.1 Å². The van der Waals surface area contributed by atoms with Gasteiger partial charge in [0.15, 0.2) is 5.75 Å². The van der Waals surface area contributed by atoms with E-state index >= 15 is 0 Å². The van der Waals surface area contributed by atoms with E-state index in [9.17, 15) is 4.79 Å². The van der Waals surface area contributed by atoms with E-state index in [1.165, 1.54) is 5.56 Å². The SMILES string of the molecule is CC(C)(C)OC(=O)N1CCC[C@@H](c2ccc(Oc3cccc4cccnc34)cc2)C1. The van der Waals surface area contributed by atoms with E-state index in [-0.39, 0.29) is 6.09 Å². The lowest BCUT2D eigenvalue weighted by molar-refractivity contribution is 0.0198. The molecule has 156 valence electrons. The summed E-state index contributed by atoms with van der Waals surface area (Å²) in [6.07, 6.45) is 3.59. The molecule has 5 heteroatoms. The molecular weight excluding hydrogens is 376 g/mol. The number of amides is 1. The normalized spacial score (nSPS) is 17.0. The predicted molar refractivity (Wildman–Crippen MR) is 118 cm³/mol. The first-order chi connectivity index (χ1) is 14.4. The molecule has 1 aromatic heterocycles. The molecule has 0 spiro atoms. The van der Waals surface area contributed by atoms with E-state index in [2.05, 4.69) is 17.1 Å². The van der Waals surface area contributed by atoms with Gasteiger partial charge in [-0.05, 0) is 63.4 Å². The molecule has 5 nitrogen and oxygen atoms in total. The van der Waals surface area contributed by atoms with Crippen LogP contribution in [0.2, 0.25) is 0 Å². The number of fused-ring (bicyclic) bond motifs is 1. The lowest BCUT2D eigenvalue weighted by atomic mass is 9.91. The number of rotatable bonds is 3. The highest BCUT2D eigenvalue weighted by Gasteiger charge is 2.28. The minimum Gasteiger partial charge on any atom is -0.455 e. The molecule has 1 amide bonds. The van der Waals surface area contributed by atoms with Gasteiger partial charge in [-0.25, -0.2) is 4.79 Å². The van der Waals surface area contributed by atoms with Crippen molar-refractivity contribution in [2.24, 2.45) is 0 Å². The van der Waals surface area contributed by atoms with Crippen LogP contribution in [0.25, 0.3) is 10.9 Å². The average molecular weight is 405 g/mol. The number of benzene rings is 2. The fraction of sp³-hybridized carbons (Fsp3) is 0.360. The molecule has 2 heterocycles. The Morgan fingerprint density at radius 3 is 2.60 bits per heavy atom. The fourth-order valence-corrected chi connectivity index (χ4v) is 3.84. The Labute approximate surface area is 177 Å². The van der Waals surface area contributed by atoms with Gasteiger partial charge in [-0.15, -0.1) is 0 Å². The summed E-state index contributed by atoms with van der Waals surface area (Å²) in [5.41, 5.74) is 1.59. The molecule has 1 saturated heterocycles. The Bertz CT molecular complexity index is 1020. The van der Waals surface area contributed by atoms with Crippen molar-refractivity contribution in [3.63, 3.8) is 0 Å². The standard InChI is InChI=1S/C25H28N2O3/c1-25(2,3)30-24(28)27-16-6-9-20(17-27)18-11-13-21(14-12-18)29-22-10-4-7-19-8-5-15-26-23(19)22/h4-5,7-8,10-15,20H,6,9,16-17H2,1-3H3/t20-/m1/s1. The van der Waals surface area contributed by atoms with Crippen LogP contribution in [-0.4, -0.2) is 34.7 Å². The van der Waals surface area contributed by atoms with Gasteiger partial charge in [0.25, 0.3) is 0 Å². The van der Waals surface area contributed by atoms with E-state index < -0.39 is 5.60 Å². The van der Waals surface area contributed by atoms with Crippen LogP contribution < -0.4 is 4.74 Å². The molecule has 30 heavy (non-hydrogen) atoms. The molecule has 1 aliphatic rings. The van der Waals surface area contributed by atoms with Crippen molar-refractivity contribution in [1.29, 1.82) is 0 Å². The molecule has 0 saturated carbocycles. The smallest absolute Gasteiger partial charge is 0.410 e. The van der Waals surface area contributed by atoms with Crippen molar-refractivity contribution in [2.45, 2.75) is 45.1 Å². The first kappa shape index (κ1) is 20.2. The number of para-hydroxylation sites is 1. The molecule has 0 unspecified atom stereocenters. The number of likely N-dealkylation sites (tertiary alicyclic amines) is 1. The second kappa shape index (κ2) is 8.34. The highest BCUT2D eigenvalue weighted by Crippen LogP contribution is 2.32. The number of nitrogens with zero attached hydrogens (tertiary/aromatic N) is 2. The highest BCUT2D eigenvalue weighted by molar-refractivity contribution is 5.84. The molecule has 0 aliphatic carbocycles. The molecule has 0 radical (unpaired) electrons. The Hall–Kier alpha value is -3.08. The summed E-state index contributed by atoms with van der Waals surface area (Å²) < 4.78 is 11.6. The summed E-state index contributed by atoms with van der Waals surface area (Å²) >= 11 is 0. The Morgan fingerprint density at radius 2 is 1.83 bits per heavy atom. The van der Waals surface area contributed by atoms with Crippen LogP contribution in [0.3, 0.4) is 0 Å². The largest absolute Gasteiger partial charge is 0.455 e. The molecular formula is C25H28N2O3. The van der Waals surface area contributed by atoms with Gasteiger partial charge in [-0.2, -0.15) is 0 Å². The van der Waals surface area contributed by atoms with Gasteiger partial charge in [0, 0.05) is 30.6 Å². The van der Waals surface area contributed by atoms with Gasteiger partial charge in [-0.3, -0.25) is 4.98 Å². The van der Waals surface area contributed by atoms with Crippen molar-refractivity contribution >= 4 is 17.0 Å². The third-order valence-corrected chi connectivity index (χ3v) is 5.25. The third kappa shape index (κ3) is 4.73. The van der Waals surface area contributed by atoms with Gasteiger partial charge in [0.05, 0.1) is 0 Å². The van der Waals surface area contributed by atoms with Crippen LogP contribution >= 0.6 is 0 Å². The summed E-state index contributed by atoms with van der Waals surface area (Å²) in [5.74, 6) is 1.82. The van der Waals surface area contributed by atoms with Crippen LogP contribution in [-0.2, 0) is 4.74 Å². The summed E-state index contributed by atoms with van der Waals surface area (Å²) in [6.45, 7) is 7.13. The van der Waals surface area contributed by atoms with Gasteiger partial charge >= 0.3 is 6.09 Å². The van der Waals surface area contributed by atoms with Crippen molar-refractivity contribution in [2.75, 3.05) is 13.1 Å². The number of ether oxygens (including phenoxy) is 2. The third-order valence-electron chi connectivity index (χ3n) is 5.25. The molecule has 2 aromatic carbocycles. The number of hydrogen-bond donors (Lipinski definition) is 0. The van der Waals surface area contributed by atoms with Gasteiger partial charge in [0.2, 0.25) is 0 Å². The van der Waals surface area contributed by atoms with Crippen LogP contribution in [0.5, 0.6) is 11.5 Å². The van der Waals surface area contributed by atoms with Crippen molar-refractivity contribution in [1.82, 2.24) is 9.88 Å². The number of pyridine rings is 1. The number of hydrogen-bond acceptors (Lipinski definition) is 4. The van der Waals surface area contributed by atoms with Crippen LogP contribution in [0.15, 0.2) is 60.8 Å². The highest BCUT2D eigenvalue weighted by atomic mass is 16.6. The van der Waals surface area contributed by atoms with Crippen molar-refractivity contribution in [3.05, 3.63) is 66.4 Å². The zero-order valence-corrected chi connectivity index (χ0v) is 17.8. The summed E-state index contributed by atoms with van der Waals surface area (Å²) in [4.78, 5) is 18.7. The molecule has 1 fully saturated rings. The van der Waals surface area contributed by atoms with Crippen molar-refractivity contribution in [3.8, 4) is 11.5 Å². The Balaban J connectivity index is 1.45. The number of aromatic nitrogens is 1. The molecule has 0 bridgehead atoms. The molecule has 4 rings (SSSR count). The van der Waals surface area contributed by atoms with E-state index in [0.717, 1.165) is 41.8 Å². The number of carbonyl (C=O) groups excluding carboxylic acids is 1. The maximum atomic E-state index is 12.4. The maximum Gasteiger partial charge on any atom is 0.410 e. The average Bonchev–Trinajstić information content (AvgIpc) is 2.73. The van der Waals surface area contributed by atoms with Crippen LogP contribution in [0.1, 0.15) is 45.1 Å². The molecule has 1 aliphatic heterocycles. The minimum absolute atomic E-state index is 0.226. The zero-order valence-electron chi connectivity index (χ0n) is 17.8. The number of piperidine rings is 1. The number of carbonyl (C=O) groups is 1. The zero-order chi connectivity index (χ0) is 21.1. The van der Waals surface area contributed by atoms with Gasteiger partial charge < -0.3 is 14.4 Å². The van der Waals surface area contributed by atoms with E-state index in [4.69, 9.17) is 9.47 Å². The van der Waals surface area contributed by atoms with Crippen molar-refractivity contribution < 1.29 is 14.3 Å². The summed E-state index contributed by atoms with van der Waals surface area (Å²) in [5, 5.41) is 1.05. The molecule has 3 aromatic rings. The first-order valence-electron chi connectivity index (χ1n) is 10.5. The first-order valence-corrected chi connectivity index (χ1v) is 10.5. The topological polar surface area (TPSA) is 51.7 Å². The van der Waals surface area contributed by atoms with E-state index in [1.54, 1.807) is 6.20 Å². The quantitative estimate of drug-likeness (QED) is 0.526. The second-order valence-electron chi connectivity index (χ2n) is 8.77. The maximum absolute atomic E-state index is 12.4. The van der Waals surface area contributed by atoms with Gasteiger partial charge in [0.1, 0.15) is 16.9 Å². The predicted octanol–water partition coefficient (Wildman–Crippen LogP) is 6.14. The summed E-state index contributed by atoms with van der Waals surface area (Å²) in [6, 6.07) is 18.0. The second-order valence-corrected chi connectivity index (χ2v) is 8.77. The Kier molecular flexibility index (Phi) is 5.62. The fourth-order valence-electron chi connectivity index (χ4n) is 3.84. The lowest BCUT2D eigenvalue weighted by Gasteiger charge is -2.34. The molecule has 0 N–H and O–H groups in total. The van der Waals surface area contributed by atoms with Crippen LogP contribution in [0, 0.1) is 0 Å². The van der Waals surface area contributed by atoms with Gasteiger partial charge in [-0.1, -0.05) is 30.3 Å². The monoisotopic (exact) mass is 404 g/mol. The Morgan fingerprint density at radius 1 is 1.07 bits per heavy atom. The van der Waals surface area contributed by atoms with E-state index in [0.29, 0.717) is 12.5 Å². The lowest BCUT2D eigenvalue weighted by Crippen LogP contribution is -2.42.